The Balaban J connectivity index is 2.30. The maximum absolute atomic E-state index is 9.83. The summed E-state index contributed by atoms with van der Waals surface area (Å²) in [4.78, 5) is 1.88. The van der Waals surface area contributed by atoms with Crippen molar-refractivity contribution in [1.82, 2.24) is 10.2 Å². The second-order valence-corrected chi connectivity index (χ2v) is 5.31. The van der Waals surface area contributed by atoms with Gasteiger partial charge in [-0.05, 0) is 33.0 Å². The van der Waals surface area contributed by atoms with Crippen LogP contribution in [-0.4, -0.2) is 83.0 Å². The molecule has 1 aliphatic rings. The van der Waals surface area contributed by atoms with Gasteiger partial charge in [0.1, 0.15) is 12.2 Å². The normalized spacial score (nSPS) is 32.7. The Morgan fingerprint density at radius 3 is 2.37 bits per heavy atom. The van der Waals surface area contributed by atoms with Crippen molar-refractivity contribution in [3.8, 4) is 0 Å². The number of piperidine rings is 1. The fourth-order valence-corrected chi connectivity index (χ4v) is 2.61. The molecule has 0 bridgehead atoms. The highest BCUT2D eigenvalue weighted by atomic mass is 16.4. The Labute approximate surface area is 115 Å². The van der Waals surface area contributed by atoms with Crippen LogP contribution in [0.1, 0.15) is 25.7 Å². The summed E-state index contributed by atoms with van der Waals surface area (Å²) in [5.41, 5.74) is 0. The molecule has 1 saturated heterocycles. The van der Waals surface area contributed by atoms with E-state index in [2.05, 4.69) is 5.32 Å². The third kappa shape index (κ3) is 4.98. The van der Waals surface area contributed by atoms with Gasteiger partial charge >= 0.3 is 0 Å². The minimum absolute atomic E-state index is 0.204. The molecule has 0 spiro atoms. The number of aliphatic hydroxyl groups is 4. The molecular weight excluding hydrogens is 248 g/mol. The molecule has 0 unspecified atom stereocenters. The molecule has 0 aromatic rings. The first-order valence-electron chi connectivity index (χ1n) is 7.15. The van der Waals surface area contributed by atoms with Crippen molar-refractivity contribution in [3.63, 3.8) is 0 Å². The van der Waals surface area contributed by atoms with E-state index < -0.39 is 24.4 Å². The van der Waals surface area contributed by atoms with Gasteiger partial charge in [-0.2, -0.15) is 0 Å². The summed E-state index contributed by atoms with van der Waals surface area (Å²) >= 11 is 0. The van der Waals surface area contributed by atoms with Crippen LogP contribution in [0, 0.1) is 0 Å². The molecule has 1 rings (SSSR count). The zero-order valence-electron chi connectivity index (χ0n) is 11.7. The Kier molecular flexibility index (Phi) is 7.82. The zero-order chi connectivity index (χ0) is 14.3. The monoisotopic (exact) mass is 276 g/mol. The zero-order valence-corrected chi connectivity index (χ0v) is 11.7. The van der Waals surface area contributed by atoms with E-state index in [9.17, 15) is 20.4 Å². The van der Waals surface area contributed by atoms with Crippen molar-refractivity contribution in [3.05, 3.63) is 0 Å². The fraction of sp³-hybridized carbons (Fsp3) is 1.00. The maximum atomic E-state index is 9.83. The lowest BCUT2D eigenvalue weighted by atomic mass is 9.94. The van der Waals surface area contributed by atoms with Gasteiger partial charge in [0.25, 0.3) is 0 Å². The molecule has 5 N–H and O–H groups in total. The third-order valence-electron chi connectivity index (χ3n) is 3.84. The number of likely N-dealkylation sites (tertiary alicyclic amines) is 1. The summed E-state index contributed by atoms with van der Waals surface area (Å²) in [5.74, 6) is 0. The van der Waals surface area contributed by atoms with Crippen LogP contribution in [0.3, 0.4) is 0 Å². The number of nitrogens with zero attached hydrogens (tertiary/aromatic N) is 1. The Hall–Kier alpha value is -0.240. The van der Waals surface area contributed by atoms with Crippen molar-refractivity contribution in [2.45, 2.75) is 50.0 Å². The van der Waals surface area contributed by atoms with E-state index in [4.69, 9.17) is 0 Å². The predicted molar refractivity (Wildman–Crippen MR) is 72.9 cm³/mol. The second kappa shape index (κ2) is 8.84. The molecule has 0 amide bonds. The molecule has 0 aromatic carbocycles. The molecule has 1 fully saturated rings. The summed E-state index contributed by atoms with van der Waals surface area (Å²) < 4.78 is 0. The van der Waals surface area contributed by atoms with Crippen LogP contribution < -0.4 is 5.32 Å². The summed E-state index contributed by atoms with van der Waals surface area (Å²) in [7, 11) is 1.94. The molecule has 19 heavy (non-hydrogen) atoms. The summed E-state index contributed by atoms with van der Waals surface area (Å²) in [6, 6.07) is -0.476. The summed E-state index contributed by atoms with van der Waals surface area (Å²) in [6.07, 6.45) is 1.15. The lowest BCUT2D eigenvalue weighted by Crippen LogP contribution is -2.62. The van der Waals surface area contributed by atoms with Gasteiger partial charge in [0.05, 0.1) is 18.8 Å². The van der Waals surface area contributed by atoms with Crippen molar-refractivity contribution < 1.29 is 20.4 Å². The molecule has 0 aromatic heterocycles. The van der Waals surface area contributed by atoms with Gasteiger partial charge in [0.15, 0.2) is 0 Å². The van der Waals surface area contributed by atoms with Crippen molar-refractivity contribution in [2.24, 2.45) is 0 Å². The lowest BCUT2D eigenvalue weighted by molar-refractivity contribution is -0.145. The van der Waals surface area contributed by atoms with E-state index >= 15 is 0 Å². The number of hydrogen-bond donors (Lipinski definition) is 5. The van der Waals surface area contributed by atoms with Gasteiger partial charge in [-0.3, -0.25) is 4.90 Å². The molecule has 0 radical (unpaired) electrons. The molecule has 114 valence electrons. The smallest absolute Gasteiger partial charge is 0.109 e. The van der Waals surface area contributed by atoms with Crippen molar-refractivity contribution in [1.29, 1.82) is 0 Å². The van der Waals surface area contributed by atoms with Gasteiger partial charge in [0.2, 0.25) is 0 Å². The molecule has 6 nitrogen and oxygen atoms in total. The van der Waals surface area contributed by atoms with E-state index in [-0.39, 0.29) is 6.61 Å². The lowest BCUT2D eigenvalue weighted by Gasteiger charge is -2.43. The summed E-state index contributed by atoms with van der Waals surface area (Å²) in [6.45, 7) is 1.85. The molecule has 1 heterocycles. The van der Waals surface area contributed by atoms with Crippen LogP contribution in [0.4, 0.5) is 0 Å². The topological polar surface area (TPSA) is 96.2 Å². The van der Waals surface area contributed by atoms with Crippen LogP contribution in [0.5, 0.6) is 0 Å². The van der Waals surface area contributed by atoms with E-state index in [1.165, 1.54) is 0 Å². The summed E-state index contributed by atoms with van der Waals surface area (Å²) in [5, 5.41) is 41.5. The highest BCUT2D eigenvalue weighted by molar-refractivity contribution is 4.93. The second-order valence-electron chi connectivity index (χ2n) is 5.31. The van der Waals surface area contributed by atoms with Gasteiger partial charge in [-0.15, -0.1) is 0 Å². The van der Waals surface area contributed by atoms with Gasteiger partial charge < -0.3 is 25.7 Å². The quantitative estimate of drug-likeness (QED) is 0.347. The number of β-amino-alcohol motifs (C(OH)–C–C–N with tert-alkyl or cyclic N) is 1. The van der Waals surface area contributed by atoms with E-state index in [1.807, 2.05) is 11.9 Å². The minimum atomic E-state index is -1.16. The number of aliphatic hydroxyl groups excluding tert-OH is 4. The van der Waals surface area contributed by atoms with E-state index in [1.54, 1.807) is 0 Å². The highest BCUT2D eigenvalue weighted by Gasteiger charge is 2.40. The average Bonchev–Trinajstić information content (AvgIpc) is 2.40. The highest BCUT2D eigenvalue weighted by Crippen LogP contribution is 2.19. The molecule has 0 saturated carbocycles. The van der Waals surface area contributed by atoms with Gasteiger partial charge in [0, 0.05) is 6.54 Å². The SMILES string of the molecule is CNCCCCCCN1C[C@H](O)[C@@H](O)[C@H](O)[C@H]1CO. The van der Waals surface area contributed by atoms with Crippen LogP contribution in [0.25, 0.3) is 0 Å². The Morgan fingerprint density at radius 2 is 1.74 bits per heavy atom. The van der Waals surface area contributed by atoms with Crippen LogP contribution in [0.15, 0.2) is 0 Å². The fourth-order valence-electron chi connectivity index (χ4n) is 2.61. The first-order chi connectivity index (χ1) is 9.11. The molecular formula is C13H28N2O4. The van der Waals surface area contributed by atoms with Crippen LogP contribution in [-0.2, 0) is 0 Å². The molecule has 1 aliphatic heterocycles. The van der Waals surface area contributed by atoms with Crippen molar-refractivity contribution in [2.75, 3.05) is 33.3 Å². The maximum Gasteiger partial charge on any atom is 0.109 e. The standard InChI is InChI=1S/C13H28N2O4/c1-14-6-4-2-3-5-7-15-8-11(17)13(19)12(18)10(15)9-16/h10-14,16-19H,2-9H2,1H3/t10-,11+,12-,13-/m1/s1. The number of rotatable bonds is 8. The average molecular weight is 276 g/mol. The first-order valence-corrected chi connectivity index (χ1v) is 7.15. The predicted octanol–water partition coefficient (Wildman–Crippen LogP) is -1.47. The first kappa shape index (κ1) is 16.8. The minimum Gasteiger partial charge on any atom is -0.395 e. The largest absolute Gasteiger partial charge is 0.395 e. The molecule has 6 heteroatoms. The molecule has 0 aliphatic carbocycles. The third-order valence-corrected chi connectivity index (χ3v) is 3.84. The van der Waals surface area contributed by atoms with E-state index in [0.717, 1.165) is 38.8 Å². The number of nitrogens with one attached hydrogen (secondary N) is 1. The Bertz CT molecular complexity index is 243. The number of hydrogen-bond acceptors (Lipinski definition) is 6. The van der Waals surface area contributed by atoms with Crippen molar-refractivity contribution >= 4 is 0 Å². The van der Waals surface area contributed by atoms with E-state index in [0.29, 0.717) is 6.54 Å². The van der Waals surface area contributed by atoms with Crippen LogP contribution >= 0.6 is 0 Å². The Morgan fingerprint density at radius 1 is 1.05 bits per heavy atom. The van der Waals surface area contributed by atoms with Gasteiger partial charge in [-0.25, -0.2) is 0 Å². The van der Waals surface area contributed by atoms with Gasteiger partial charge in [-0.1, -0.05) is 12.8 Å². The number of unbranched alkanes of at least 4 members (excludes halogenated alkanes) is 3. The molecule has 4 atom stereocenters. The van der Waals surface area contributed by atoms with Crippen LogP contribution in [0.2, 0.25) is 0 Å².